The molecule has 2 fully saturated rings. The number of hydrogen-bond donors (Lipinski definition) is 1. The fraction of sp³-hybridized carbons (Fsp3) is 0.400. The van der Waals surface area contributed by atoms with Gasteiger partial charge in [0.25, 0.3) is 0 Å². The monoisotopic (exact) mass is 543 g/mol. The summed E-state index contributed by atoms with van der Waals surface area (Å²) in [5.74, 6) is 1.88. The van der Waals surface area contributed by atoms with E-state index in [1.54, 1.807) is 10.6 Å². The number of ether oxygens (including phenoxy) is 1. The first-order chi connectivity index (χ1) is 19.4. The Morgan fingerprint density at radius 2 is 1.90 bits per heavy atom. The molecule has 2 aliphatic heterocycles. The summed E-state index contributed by atoms with van der Waals surface area (Å²) in [5.41, 5.74) is 2.75. The van der Waals surface area contributed by atoms with Gasteiger partial charge in [0.15, 0.2) is 11.5 Å². The third-order valence-electron chi connectivity index (χ3n) is 8.01. The lowest BCUT2D eigenvalue weighted by molar-refractivity contribution is 0.217. The van der Waals surface area contributed by atoms with Gasteiger partial charge in [0.1, 0.15) is 11.6 Å². The minimum absolute atomic E-state index is 0.0551. The Labute approximate surface area is 233 Å². The number of benzene rings is 1. The smallest absolute Gasteiger partial charge is 0.317 e. The molecular weight excluding hydrogens is 509 g/mol. The number of nitrogens with one attached hydrogen (secondary N) is 1. The molecule has 4 aromatic rings. The molecule has 0 saturated carbocycles. The molecular formula is C30H34FN7O2. The topological polar surface area (TPSA) is 87.9 Å². The van der Waals surface area contributed by atoms with Crippen molar-refractivity contribution in [3.63, 3.8) is 0 Å². The van der Waals surface area contributed by atoms with Crippen molar-refractivity contribution in [2.75, 3.05) is 37.7 Å². The van der Waals surface area contributed by atoms with Crippen LogP contribution in [0, 0.1) is 12.9 Å². The number of carbonyl (C=O) groups is 1. The summed E-state index contributed by atoms with van der Waals surface area (Å²) in [5, 5.41) is 7.90. The maximum Gasteiger partial charge on any atom is 0.317 e. The first-order valence-electron chi connectivity index (χ1n) is 13.9. The molecule has 9 nitrogen and oxygen atoms in total. The van der Waals surface area contributed by atoms with Crippen LogP contribution in [-0.4, -0.2) is 68.8 Å². The molecule has 2 saturated heterocycles. The third-order valence-corrected chi connectivity index (χ3v) is 8.01. The van der Waals surface area contributed by atoms with Gasteiger partial charge >= 0.3 is 6.03 Å². The maximum absolute atomic E-state index is 13.6. The number of hydrogen-bond acceptors (Lipinski definition) is 6. The van der Waals surface area contributed by atoms with Gasteiger partial charge in [-0.2, -0.15) is 9.49 Å². The third kappa shape index (κ3) is 5.43. The van der Waals surface area contributed by atoms with Crippen molar-refractivity contribution in [2.24, 2.45) is 0 Å². The SMILES string of the molecule is Cc1cc(OC[C@H](C)c2ccccc2)cn2nc(CCN3CC4(CCN(c5cccc(F)n5)CC4)NC3=O)nc12. The normalized spacial score (nSPS) is 17.4. The van der Waals surface area contributed by atoms with Crippen molar-refractivity contribution in [1.29, 1.82) is 0 Å². The Bertz CT molecular complexity index is 1500. The van der Waals surface area contributed by atoms with Crippen molar-refractivity contribution in [3.05, 3.63) is 83.7 Å². The van der Waals surface area contributed by atoms with Crippen LogP contribution in [0.3, 0.4) is 0 Å². The Hall–Kier alpha value is -4.21. The lowest BCUT2D eigenvalue weighted by Gasteiger charge is -2.39. The largest absolute Gasteiger partial charge is 0.491 e. The van der Waals surface area contributed by atoms with Crippen molar-refractivity contribution in [2.45, 2.75) is 44.6 Å². The second-order valence-corrected chi connectivity index (χ2v) is 11.0. The van der Waals surface area contributed by atoms with Gasteiger partial charge in [-0.1, -0.05) is 43.3 Å². The van der Waals surface area contributed by atoms with Crippen molar-refractivity contribution >= 4 is 17.5 Å². The zero-order valence-electron chi connectivity index (χ0n) is 22.9. The van der Waals surface area contributed by atoms with Crippen LogP contribution in [0.1, 0.15) is 42.6 Å². The number of anilines is 1. The molecule has 2 amide bonds. The number of halogens is 1. The number of pyridine rings is 2. The number of piperidine rings is 1. The first kappa shape index (κ1) is 26.0. The molecule has 0 bridgehead atoms. The van der Waals surface area contributed by atoms with Gasteiger partial charge in [-0.05, 0) is 49.1 Å². The Kier molecular flexibility index (Phi) is 7.00. The van der Waals surface area contributed by atoms with E-state index in [9.17, 15) is 9.18 Å². The molecule has 208 valence electrons. The fourth-order valence-corrected chi connectivity index (χ4v) is 5.66. The van der Waals surface area contributed by atoms with Crippen LogP contribution >= 0.6 is 0 Å². The van der Waals surface area contributed by atoms with Crippen molar-refractivity contribution in [3.8, 4) is 5.75 Å². The second kappa shape index (κ2) is 10.7. The minimum atomic E-state index is -0.477. The van der Waals surface area contributed by atoms with Gasteiger partial charge in [-0.25, -0.2) is 19.3 Å². The number of rotatable bonds is 8. The van der Waals surface area contributed by atoms with Crippen LogP contribution in [0.15, 0.2) is 60.8 Å². The molecule has 2 aliphatic rings. The van der Waals surface area contributed by atoms with E-state index in [0.29, 0.717) is 50.8 Å². The van der Waals surface area contributed by atoms with Gasteiger partial charge in [0, 0.05) is 38.5 Å². The zero-order chi connectivity index (χ0) is 27.7. The summed E-state index contributed by atoms with van der Waals surface area (Å²) in [6.07, 6.45) is 4.00. The summed E-state index contributed by atoms with van der Waals surface area (Å²) < 4.78 is 21.4. The van der Waals surface area contributed by atoms with E-state index >= 15 is 0 Å². The number of aromatic nitrogens is 4. The highest BCUT2D eigenvalue weighted by Crippen LogP contribution is 2.30. The van der Waals surface area contributed by atoms with Gasteiger partial charge in [0.2, 0.25) is 5.95 Å². The van der Waals surface area contributed by atoms with Crippen LogP contribution in [0.25, 0.3) is 5.65 Å². The number of aryl methyl sites for hydroxylation is 1. The summed E-state index contributed by atoms with van der Waals surface area (Å²) in [6.45, 7) is 7.33. The average molecular weight is 544 g/mol. The van der Waals surface area contributed by atoms with E-state index in [2.05, 4.69) is 39.4 Å². The van der Waals surface area contributed by atoms with Crippen LogP contribution < -0.4 is 15.0 Å². The van der Waals surface area contributed by atoms with Crippen LogP contribution in [0.4, 0.5) is 15.0 Å². The molecule has 0 aliphatic carbocycles. The minimum Gasteiger partial charge on any atom is -0.491 e. The second-order valence-electron chi connectivity index (χ2n) is 11.0. The maximum atomic E-state index is 13.6. The molecule has 40 heavy (non-hydrogen) atoms. The van der Waals surface area contributed by atoms with Gasteiger partial charge in [0.05, 0.1) is 18.3 Å². The molecule has 1 spiro atoms. The predicted octanol–water partition coefficient (Wildman–Crippen LogP) is 4.36. The van der Waals surface area contributed by atoms with E-state index in [-0.39, 0.29) is 17.5 Å². The van der Waals surface area contributed by atoms with Crippen molar-refractivity contribution < 1.29 is 13.9 Å². The van der Waals surface area contributed by atoms with Crippen LogP contribution in [0.5, 0.6) is 5.75 Å². The molecule has 3 aromatic heterocycles. The zero-order valence-corrected chi connectivity index (χ0v) is 22.9. The number of fused-ring (bicyclic) bond motifs is 1. The molecule has 10 heteroatoms. The van der Waals surface area contributed by atoms with E-state index in [4.69, 9.17) is 9.72 Å². The highest BCUT2D eigenvalue weighted by molar-refractivity contribution is 5.78. The quantitative estimate of drug-likeness (QED) is 0.332. The summed E-state index contributed by atoms with van der Waals surface area (Å²) >= 11 is 0. The van der Waals surface area contributed by atoms with Crippen LogP contribution in [-0.2, 0) is 6.42 Å². The highest BCUT2D eigenvalue weighted by Gasteiger charge is 2.44. The molecule has 1 aromatic carbocycles. The summed E-state index contributed by atoms with van der Waals surface area (Å²) in [6, 6.07) is 17.1. The van der Waals surface area contributed by atoms with E-state index in [0.717, 1.165) is 29.8 Å². The molecule has 1 N–H and O–H groups in total. The standard InChI is InChI=1S/C30H34FN7O2/c1-21-17-24(40-19-22(2)23-7-4-3-5-8-23)18-38-28(21)33-26(35-38)11-14-37-20-30(34-29(37)39)12-15-36(16-13-30)27-10-6-9-25(31)32-27/h3-10,17-18,22H,11-16,19-20H2,1-2H3,(H,34,39)/t22-/m0/s1. The Morgan fingerprint density at radius 3 is 2.67 bits per heavy atom. The van der Waals surface area contributed by atoms with E-state index in [1.165, 1.54) is 11.6 Å². The number of carbonyl (C=O) groups excluding carboxylic acids is 1. The number of urea groups is 1. The first-order valence-corrected chi connectivity index (χ1v) is 13.9. The molecule has 0 radical (unpaired) electrons. The lowest BCUT2D eigenvalue weighted by Crippen LogP contribution is -2.52. The molecule has 1 atom stereocenters. The summed E-state index contributed by atoms with van der Waals surface area (Å²) in [7, 11) is 0. The van der Waals surface area contributed by atoms with Crippen LogP contribution in [0.2, 0.25) is 0 Å². The highest BCUT2D eigenvalue weighted by atomic mass is 19.1. The number of nitrogens with zero attached hydrogens (tertiary/aromatic N) is 6. The number of amides is 2. The van der Waals surface area contributed by atoms with Crippen molar-refractivity contribution in [1.82, 2.24) is 29.8 Å². The average Bonchev–Trinajstić information content (AvgIpc) is 3.51. The van der Waals surface area contributed by atoms with Gasteiger partial charge in [-0.3, -0.25) is 0 Å². The molecule has 0 unspecified atom stereocenters. The fourth-order valence-electron chi connectivity index (χ4n) is 5.66. The Morgan fingerprint density at radius 1 is 1.10 bits per heavy atom. The Balaban J connectivity index is 1.05. The van der Waals surface area contributed by atoms with E-state index in [1.807, 2.05) is 48.4 Å². The van der Waals surface area contributed by atoms with E-state index < -0.39 is 5.95 Å². The lowest BCUT2D eigenvalue weighted by atomic mass is 9.88. The van der Waals surface area contributed by atoms with Gasteiger partial charge < -0.3 is 19.9 Å². The summed E-state index contributed by atoms with van der Waals surface area (Å²) in [4.78, 5) is 25.5. The predicted molar refractivity (Wildman–Crippen MR) is 150 cm³/mol. The van der Waals surface area contributed by atoms with Gasteiger partial charge in [-0.15, -0.1) is 0 Å². The molecule has 6 rings (SSSR count). The molecule has 5 heterocycles.